The molecule has 0 spiro atoms. The number of likely N-dealkylation sites (tertiary alicyclic amines) is 1. The molecule has 2 aromatic rings. The summed E-state index contributed by atoms with van der Waals surface area (Å²) in [7, 11) is 4.06. The van der Waals surface area contributed by atoms with Gasteiger partial charge in [-0.25, -0.2) is 0 Å². The van der Waals surface area contributed by atoms with Crippen LogP contribution in [0, 0.1) is 0 Å². The number of carbonyl (C=O) groups excluding carboxylic acids is 2. The molecule has 0 saturated carbocycles. The molecule has 0 aliphatic carbocycles. The van der Waals surface area contributed by atoms with Crippen LogP contribution in [0.2, 0.25) is 0 Å². The maximum Gasteiger partial charge on any atom is 0.278 e. The summed E-state index contributed by atoms with van der Waals surface area (Å²) in [5, 5.41) is 0. The Labute approximate surface area is 195 Å². The lowest BCUT2D eigenvalue weighted by atomic mass is 10.00. The summed E-state index contributed by atoms with van der Waals surface area (Å²) in [5.74, 6) is 0.226. The van der Waals surface area contributed by atoms with E-state index in [0.29, 0.717) is 23.6 Å². The Morgan fingerprint density at radius 2 is 1.79 bits per heavy atom. The second-order valence-electron chi connectivity index (χ2n) is 8.76. The molecule has 2 aliphatic heterocycles. The molecule has 0 unspecified atom stereocenters. The van der Waals surface area contributed by atoms with Crippen molar-refractivity contribution in [3.05, 3.63) is 65.6 Å². The molecule has 1 aromatic carbocycles. The van der Waals surface area contributed by atoms with Crippen LogP contribution in [0.15, 0.2) is 54.4 Å². The van der Waals surface area contributed by atoms with E-state index in [0.717, 1.165) is 43.7 Å². The third kappa shape index (κ3) is 4.93. The second-order valence-corrected chi connectivity index (χ2v) is 8.76. The smallest absolute Gasteiger partial charge is 0.278 e. The summed E-state index contributed by atoms with van der Waals surface area (Å²) in [6.45, 7) is 4.80. The van der Waals surface area contributed by atoms with Gasteiger partial charge < -0.3 is 14.5 Å². The van der Waals surface area contributed by atoms with E-state index in [1.54, 1.807) is 6.20 Å². The fourth-order valence-electron chi connectivity index (χ4n) is 4.45. The zero-order valence-electron chi connectivity index (χ0n) is 19.7. The zero-order valence-corrected chi connectivity index (χ0v) is 19.7. The number of piperidine rings is 1. The number of rotatable bonds is 8. The Morgan fingerprint density at radius 1 is 1.06 bits per heavy atom. The first-order valence-corrected chi connectivity index (χ1v) is 11.6. The predicted octanol–water partition coefficient (Wildman–Crippen LogP) is 3.18. The van der Waals surface area contributed by atoms with Crippen molar-refractivity contribution in [3.63, 3.8) is 0 Å². The van der Waals surface area contributed by atoms with Crippen molar-refractivity contribution < 1.29 is 14.3 Å². The minimum atomic E-state index is -0.275. The van der Waals surface area contributed by atoms with Gasteiger partial charge in [0.05, 0.1) is 24.4 Å². The van der Waals surface area contributed by atoms with Crippen LogP contribution in [0.3, 0.4) is 0 Å². The average molecular weight is 449 g/mol. The van der Waals surface area contributed by atoms with Gasteiger partial charge in [-0.3, -0.25) is 19.5 Å². The van der Waals surface area contributed by atoms with Gasteiger partial charge in [0.2, 0.25) is 0 Å². The molecule has 3 heterocycles. The number of carbonyl (C=O) groups is 2. The maximum absolute atomic E-state index is 13.6. The SMILES string of the molecule is CCCOc1ccc(C2=C(N(C)C3CCN(C)CC3)C(=O)N(Cc3ccccn3)C2=O)cc1. The van der Waals surface area contributed by atoms with Crippen molar-refractivity contribution >= 4 is 17.4 Å². The Balaban J connectivity index is 1.68. The molecular formula is C26H32N4O3. The molecule has 7 heteroatoms. The molecule has 33 heavy (non-hydrogen) atoms. The van der Waals surface area contributed by atoms with Crippen molar-refractivity contribution in [1.82, 2.24) is 19.7 Å². The molecule has 7 nitrogen and oxygen atoms in total. The van der Waals surface area contributed by atoms with E-state index in [1.807, 2.05) is 54.4 Å². The zero-order chi connectivity index (χ0) is 23.4. The van der Waals surface area contributed by atoms with Crippen LogP contribution < -0.4 is 4.74 Å². The number of likely N-dealkylation sites (N-methyl/N-ethyl adjacent to an activating group) is 1. The van der Waals surface area contributed by atoms with Crippen molar-refractivity contribution in [2.24, 2.45) is 0 Å². The molecule has 4 rings (SSSR count). The monoisotopic (exact) mass is 448 g/mol. The molecule has 1 fully saturated rings. The van der Waals surface area contributed by atoms with Crippen molar-refractivity contribution in [2.45, 2.75) is 38.8 Å². The van der Waals surface area contributed by atoms with E-state index in [9.17, 15) is 9.59 Å². The first-order chi connectivity index (χ1) is 16.0. The van der Waals surface area contributed by atoms with Crippen molar-refractivity contribution in [1.29, 1.82) is 0 Å². The lowest BCUT2D eigenvalue weighted by Gasteiger charge is -2.36. The first kappa shape index (κ1) is 23.0. The van der Waals surface area contributed by atoms with Crippen LogP contribution in [-0.4, -0.2) is 71.3 Å². The first-order valence-electron chi connectivity index (χ1n) is 11.6. The summed E-state index contributed by atoms with van der Waals surface area (Å²) in [6.07, 6.45) is 4.51. The average Bonchev–Trinajstić information content (AvgIpc) is 3.08. The Kier molecular flexibility index (Phi) is 7.08. The van der Waals surface area contributed by atoms with Gasteiger partial charge in [0, 0.05) is 19.3 Å². The number of hydrogen-bond acceptors (Lipinski definition) is 6. The van der Waals surface area contributed by atoms with Crippen LogP contribution in [0.4, 0.5) is 0 Å². The predicted molar refractivity (Wildman–Crippen MR) is 127 cm³/mol. The number of aromatic nitrogens is 1. The highest BCUT2D eigenvalue weighted by atomic mass is 16.5. The fraction of sp³-hybridized carbons (Fsp3) is 0.423. The van der Waals surface area contributed by atoms with E-state index in [4.69, 9.17) is 4.74 Å². The van der Waals surface area contributed by atoms with E-state index < -0.39 is 0 Å². The molecule has 0 atom stereocenters. The van der Waals surface area contributed by atoms with Crippen LogP contribution in [0.1, 0.15) is 37.4 Å². The third-order valence-electron chi connectivity index (χ3n) is 6.39. The van der Waals surface area contributed by atoms with E-state index >= 15 is 0 Å². The summed E-state index contributed by atoms with van der Waals surface area (Å²) in [6, 6.07) is 13.2. The minimum Gasteiger partial charge on any atom is -0.494 e. The van der Waals surface area contributed by atoms with Crippen molar-refractivity contribution in [2.75, 3.05) is 33.8 Å². The number of imide groups is 1. The Bertz CT molecular complexity index is 1010. The molecule has 2 aliphatic rings. The molecule has 174 valence electrons. The van der Waals surface area contributed by atoms with Gasteiger partial charge in [0.15, 0.2) is 0 Å². The molecule has 2 amide bonds. The fourth-order valence-corrected chi connectivity index (χ4v) is 4.45. The second kappa shape index (κ2) is 10.2. The Hall–Kier alpha value is -3.19. The summed E-state index contributed by atoms with van der Waals surface area (Å²) < 4.78 is 5.70. The van der Waals surface area contributed by atoms with E-state index in [2.05, 4.69) is 23.9 Å². The topological polar surface area (TPSA) is 66.0 Å². The van der Waals surface area contributed by atoms with Crippen LogP contribution in [0.25, 0.3) is 5.57 Å². The highest BCUT2D eigenvalue weighted by Gasteiger charge is 2.42. The third-order valence-corrected chi connectivity index (χ3v) is 6.39. The summed E-state index contributed by atoms with van der Waals surface area (Å²) in [5.41, 5.74) is 2.35. The van der Waals surface area contributed by atoms with Gasteiger partial charge in [-0.2, -0.15) is 0 Å². The molecule has 1 aromatic heterocycles. The normalized spacial score (nSPS) is 17.7. The van der Waals surface area contributed by atoms with E-state index in [1.165, 1.54) is 4.90 Å². The van der Waals surface area contributed by atoms with Gasteiger partial charge in [0.25, 0.3) is 11.8 Å². The van der Waals surface area contributed by atoms with Crippen LogP contribution in [0.5, 0.6) is 5.75 Å². The van der Waals surface area contributed by atoms with Crippen LogP contribution in [-0.2, 0) is 16.1 Å². The van der Waals surface area contributed by atoms with Gasteiger partial charge in [-0.1, -0.05) is 25.1 Å². The minimum absolute atomic E-state index is 0.157. The van der Waals surface area contributed by atoms with E-state index in [-0.39, 0.29) is 24.4 Å². The molecular weight excluding hydrogens is 416 g/mol. The van der Waals surface area contributed by atoms with Crippen LogP contribution >= 0.6 is 0 Å². The quantitative estimate of drug-likeness (QED) is 0.578. The van der Waals surface area contributed by atoms with Gasteiger partial charge in [-0.05, 0) is 69.2 Å². The maximum atomic E-state index is 13.6. The number of amides is 2. The highest BCUT2D eigenvalue weighted by molar-refractivity contribution is 6.35. The lowest BCUT2D eigenvalue weighted by Crippen LogP contribution is -2.43. The number of pyridine rings is 1. The number of nitrogens with zero attached hydrogens (tertiary/aromatic N) is 4. The standard InChI is InChI=1S/C26H32N4O3/c1-4-17-33-22-10-8-19(9-11-22)23-24(29(3)21-12-15-28(2)16-13-21)26(32)30(25(23)31)18-20-7-5-6-14-27-20/h5-11,14,21H,4,12-13,15-18H2,1-3H3. The van der Waals surface area contributed by atoms with Gasteiger partial charge in [0.1, 0.15) is 11.4 Å². The number of hydrogen-bond donors (Lipinski definition) is 0. The summed E-state index contributed by atoms with van der Waals surface area (Å²) >= 11 is 0. The molecule has 1 saturated heterocycles. The Morgan fingerprint density at radius 3 is 2.42 bits per heavy atom. The van der Waals surface area contributed by atoms with Crippen molar-refractivity contribution in [3.8, 4) is 5.75 Å². The van der Waals surface area contributed by atoms with Gasteiger partial charge in [-0.15, -0.1) is 0 Å². The molecule has 0 radical (unpaired) electrons. The number of benzene rings is 1. The highest BCUT2D eigenvalue weighted by Crippen LogP contribution is 2.34. The summed E-state index contributed by atoms with van der Waals surface area (Å²) in [4.78, 5) is 37.1. The lowest BCUT2D eigenvalue weighted by molar-refractivity contribution is -0.138. The molecule has 0 N–H and O–H groups in total. The largest absolute Gasteiger partial charge is 0.494 e. The number of ether oxygens (including phenoxy) is 1. The molecule has 0 bridgehead atoms. The van der Waals surface area contributed by atoms with Gasteiger partial charge >= 0.3 is 0 Å².